The number of benzene rings is 1. The lowest BCUT2D eigenvalue weighted by Gasteiger charge is -2.13. The van der Waals surface area contributed by atoms with Gasteiger partial charge < -0.3 is 4.74 Å². The summed E-state index contributed by atoms with van der Waals surface area (Å²) in [5, 5.41) is 0. The first-order chi connectivity index (χ1) is 13.8. The zero-order valence-electron chi connectivity index (χ0n) is 16.5. The summed E-state index contributed by atoms with van der Waals surface area (Å²) in [7, 11) is 0. The summed E-state index contributed by atoms with van der Waals surface area (Å²) >= 11 is 0. The van der Waals surface area contributed by atoms with E-state index >= 15 is 0 Å². The van der Waals surface area contributed by atoms with E-state index in [4.69, 9.17) is 4.74 Å². The van der Waals surface area contributed by atoms with Gasteiger partial charge in [-0.05, 0) is 56.4 Å². The molecule has 0 fully saturated rings. The number of aromatic nitrogens is 1. The maximum atomic E-state index is 12.8. The van der Waals surface area contributed by atoms with Gasteiger partial charge in [0, 0.05) is 16.7 Å². The SMILES string of the molecule is CCOC(=O)Cc1cc(C2=CCCCC2)c[n+](Cc2ccc(C(F)(F)F)cc2)c1. The fourth-order valence-electron chi connectivity index (χ4n) is 3.56. The quantitative estimate of drug-likeness (QED) is 0.495. The molecule has 2 aromatic rings. The van der Waals surface area contributed by atoms with E-state index in [0.717, 1.165) is 48.1 Å². The number of hydrogen-bond acceptors (Lipinski definition) is 2. The molecule has 154 valence electrons. The van der Waals surface area contributed by atoms with E-state index in [1.807, 2.05) is 23.0 Å². The molecule has 3 rings (SSSR count). The van der Waals surface area contributed by atoms with E-state index in [1.165, 1.54) is 24.1 Å². The van der Waals surface area contributed by atoms with Crippen LogP contribution in [0.2, 0.25) is 0 Å². The van der Waals surface area contributed by atoms with Gasteiger partial charge in [-0.25, -0.2) is 0 Å². The highest BCUT2D eigenvalue weighted by atomic mass is 19.4. The van der Waals surface area contributed by atoms with Crippen molar-refractivity contribution in [3.8, 4) is 0 Å². The molecule has 0 spiro atoms. The number of nitrogens with zero attached hydrogens (tertiary/aromatic N) is 1. The Morgan fingerprint density at radius 2 is 1.86 bits per heavy atom. The van der Waals surface area contributed by atoms with Gasteiger partial charge in [-0.3, -0.25) is 4.79 Å². The number of pyridine rings is 1. The Bertz CT molecular complexity index is 886. The van der Waals surface area contributed by atoms with E-state index < -0.39 is 11.7 Å². The number of carbonyl (C=O) groups is 1. The molecule has 6 heteroatoms. The van der Waals surface area contributed by atoms with Gasteiger partial charge in [-0.2, -0.15) is 17.7 Å². The minimum Gasteiger partial charge on any atom is -0.466 e. The van der Waals surface area contributed by atoms with Gasteiger partial charge in [0.2, 0.25) is 0 Å². The van der Waals surface area contributed by atoms with Crippen LogP contribution < -0.4 is 4.57 Å². The molecule has 3 nitrogen and oxygen atoms in total. The molecule has 0 amide bonds. The Hall–Kier alpha value is -2.63. The molecule has 1 aliphatic rings. The second-order valence-electron chi connectivity index (χ2n) is 7.26. The third-order valence-electron chi connectivity index (χ3n) is 4.94. The number of carbonyl (C=O) groups excluding carboxylic acids is 1. The van der Waals surface area contributed by atoms with Gasteiger partial charge in [0.25, 0.3) is 0 Å². The largest absolute Gasteiger partial charge is 0.466 e. The molecule has 0 aliphatic heterocycles. The fourth-order valence-corrected chi connectivity index (χ4v) is 3.56. The van der Waals surface area contributed by atoms with Crippen LogP contribution in [0.3, 0.4) is 0 Å². The van der Waals surface area contributed by atoms with Gasteiger partial charge in [-0.1, -0.05) is 18.2 Å². The summed E-state index contributed by atoms with van der Waals surface area (Å²) in [5.74, 6) is -0.289. The van der Waals surface area contributed by atoms with Crippen LogP contribution in [0.4, 0.5) is 13.2 Å². The second kappa shape index (κ2) is 9.25. The molecule has 0 saturated heterocycles. The Balaban J connectivity index is 1.87. The number of rotatable bonds is 6. The summed E-state index contributed by atoms with van der Waals surface area (Å²) in [6.07, 6.45) is 6.26. The maximum absolute atomic E-state index is 12.8. The summed E-state index contributed by atoms with van der Waals surface area (Å²) in [6, 6.07) is 7.20. The first-order valence-corrected chi connectivity index (χ1v) is 9.89. The highest BCUT2D eigenvalue weighted by molar-refractivity contribution is 5.73. The van der Waals surface area contributed by atoms with Gasteiger partial charge in [0.05, 0.1) is 18.6 Å². The van der Waals surface area contributed by atoms with Crippen molar-refractivity contribution in [3.05, 3.63) is 71.1 Å². The van der Waals surface area contributed by atoms with Crippen molar-refractivity contribution in [2.45, 2.75) is 51.7 Å². The van der Waals surface area contributed by atoms with E-state index in [1.54, 1.807) is 6.92 Å². The predicted octanol–water partition coefficient (Wildman–Crippen LogP) is 5.10. The molecule has 1 aromatic carbocycles. The van der Waals surface area contributed by atoms with Crippen LogP contribution in [-0.2, 0) is 28.7 Å². The van der Waals surface area contributed by atoms with Crippen molar-refractivity contribution in [3.63, 3.8) is 0 Å². The van der Waals surface area contributed by atoms with Crippen molar-refractivity contribution in [2.24, 2.45) is 0 Å². The Kier molecular flexibility index (Phi) is 6.72. The lowest BCUT2D eigenvalue weighted by molar-refractivity contribution is -0.688. The summed E-state index contributed by atoms with van der Waals surface area (Å²) in [4.78, 5) is 11.9. The number of allylic oxidation sites excluding steroid dienone is 2. The average Bonchev–Trinajstić information content (AvgIpc) is 2.68. The number of halogens is 3. The van der Waals surface area contributed by atoms with Crippen molar-refractivity contribution < 1.29 is 27.3 Å². The minimum absolute atomic E-state index is 0.169. The van der Waals surface area contributed by atoms with E-state index in [9.17, 15) is 18.0 Å². The Morgan fingerprint density at radius 1 is 1.10 bits per heavy atom. The third-order valence-corrected chi connectivity index (χ3v) is 4.94. The van der Waals surface area contributed by atoms with Crippen LogP contribution in [0.15, 0.2) is 48.8 Å². The van der Waals surface area contributed by atoms with Gasteiger partial charge in [-0.15, -0.1) is 0 Å². The molecular formula is C23H25F3NO2+. The fraction of sp³-hybridized carbons (Fsp3) is 0.391. The predicted molar refractivity (Wildman–Crippen MR) is 104 cm³/mol. The standard InChI is InChI=1S/C23H25F3NO2/c1-2-29-22(28)13-18-12-20(19-6-4-3-5-7-19)16-27(15-18)14-17-8-10-21(11-9-17)23(24,25)26/h6,8-12,15-16H,2-5,7,13-14H2,1H3/q+1. The van der Waals surface area contributed by atoms with Crippen LogP contribution >= 0.6 is 0 Å². The highest BCUT2D eigenvalue weighted by Crippen LogP contribution is 2.29. The highest BCUT2D eigenvalue weighted by Gasteiger charge is 2.30. The monoisotopic (exact) mass is 404 g/mol. The molecule has 1 aliphatic carbocycles. The maximum Gasteiger partial charge on any atom is 0.416 e. The molecule has 0 radical (unpaired) electrons. The number of hydrogen-bond donors (Lipinski definition) is 0. The van der Waals surface area contributed by atoms with E-state index in [0.29, 0.717) is 13.2 Å². The number of alkyl halides is 3. The lowest BCUT2D eigenvalue weighted by atomic mass is 9.93. The molecule has 0 saturated carbocycles. The van der Waals surface area contributed by atoms with Crippen molar-refractivity contribution in [1.29, 1.82) is 0 Å². The summed E-state index contributed by atoms with van der Waals surface area (Å²) < 4.78 is 45.4. The van der Waals surface area contributed by atoms with Crippen LogP contribution in [0.25, 0.3) is 5.57 Å². The molecule has 0 atom stereocenters. The van der Waals surface area contributed by atoms with Crippen molar-refractivity contribution in [1.82, 2.24) is 0 Å². The minimum atomic E-state index is -4.34. The Morgan fingerprint density at radius 3 is 2.48 bits per heavy atom. The smallest absolute Gasteiger partial charge is 0.416 e. The molecular weight excluding hydrogens is 379 g/mol. The molecule has 0 bridgehead atoms. The van der Waals surface area contributed by atoms with E-state index in [2.05, 4.69) is 6.08 Å². The first kappa shape index (κ1) is 21.1. The topological polar surface area (TPSA) is 30.2 Å². The zero-order valence-corrected chi connectivity index (χ0v) is 16.5. The van der Waals surface area contributed by atoms with Crippen LogP contribution in [0.1, 0.15) is 54.9 Å². The van der Waals surface area contributed by atoms with Crippen LogP contribution in [0.5, 0.6) is 0 Å². The van der Waals surface area contributed by atoms with Crippen molar-refractivity contribution >= 4 is 11.5 Å². The second-order valence-corrected chi connectivity index (χ2v) is 7.26. The van der Waals surface area contributed by atoms with Gasteiger partial charge in [0.15, 0.2) is 18.9 Å². The molecule has 1 heterocycles. The van der Waals surface area contributed by atoms with Crippen LogP contribution in [-0.4, -0.2) is 12.6 Å². The van der Waals surface area contributed by atoms with Crippen molar-refractivity contribution in [2.75, 3.05) is 6.61 Å². The number of ether oxygens (including phenoxy) is 1. The lowest BCUT2D eigenvalue weighted by Crippen LogP contribution is -2.35. The first-order valence-electron chi connectivity index (χ1n) is 9.89. The van der Waals surface area contributed by atoms with Crippen LogP contribution in [0, 0.1) is 0 Å². The molecule has 0 unspecified atom stereocenters. The molecule has 1 aromatic heterocycles. The molecule has 0 N–H and O–H groups in total. The van der Waals surface area contributed by atoms with Gasteiger partial charge in [0.1, 0.15) is 0 Å². The van der Waals surface area contributed by atoms with E-state index in [-0.39, 0.29) is 12.4 Å². The Labute approximate surface area is 168 Å². The summed E-state index contributed by atoms with van der Waals surface area (Å²) in [5.41, 5.74) is 3.25. The zero-order chi connectivity index (χ0) is 20.9. The van der Waals surface area contributed by atoms with Gasteiger partial charge >= 0.3 is 12.1 Å². The average molecular weight is 404 g/mol. The summed E-state index contributed by atoms with van der Waals surface area (Å²) in [6.45, 7) is 2.52. The molecule has 29 heavy (non-hydrogen) atoms. The third kappa shape index (κ3) is 5.92. The number of esters is 1. The normalized spacial score (nSPS) is 14.4.